The second-order valence-corrected chi connectivity index (χ2v) is 0.785. The van der Waals surface area contributed by atoms with Crippen LogP contribution in [0, 0.1) is 0 Å². The first kappa shape index (κ1) is 16.3. The SMILES string of the molecule is O=C([O-])C(F)(F)F.[Ag+].[SeH2]. The number of halogens is 3. The van der Waals surface area contributed by atoms with Gasteiger partial charge < -0.3 is 9.90 Å². The zero-order valence-corrected chi connectivity index (χ0v) is 7.33. The molecule has 0 aromatic rings. The number of carbonyl (C=O) groups excluding carboxylic acids is 1. The Morgan fingerprint density at radius 2 is 1.44 bits per heavy atom. The summed E-state index contributed by atoms with van der Waals surface area (Å²) in [5.74, 6) is -3.01. The molecule has 0 unspecified atom stereocenters. The standard InChI is InChI=1S/C2HF3O2.Ag.H2Se/c3-2(4,5)1(6)7;;/h(H,6,7);;1H2/q;+1;/p-1. The Labute approximate surface area is 74.8 Å². The minimum atomic E-state index is -5.19. The van der Waals surface area contributed by atoms with E-state index >= 15 is 0 Å². The molecular weight excluding hydrogens is 300 g/mol. The van der Waals surface area contributed by atoms with Gasteiger partial charge in [0.25, 0.3) is 0 Å². The normalized spacial score (nSPS) is 8.78. The molecule has 0 aliphatic carbocycles. The molecule has 0 N–H and O–H groups in total. The number of alkyl halides is 3. The molecule has 0 rings (SSSR count). The van der Waals surface area contributed by atoms with Gasteiger partial charge in [0.1, 0.15) is 5.97 Å². The van der Waals surface area contributed by atoms with Gasteiger partial charge in [-0.15, -0.1) is 0 Å². The topological polar surface area (TPSA) is 40.1 Å². The Kier molecular flexibility index (Phi) is 9.60. The molecule has 0 aliphatic heterocycles. The number of rotatable bonds is 0. The Balaban J connectivity index is -0.000000180. The van der Waals surface area contributed by atoms with Crippen LogP contribution in [-0.2, 0) is 27.2 Å². The van der Waals surface area contributed by atoms with Gasteiger partial charge in [0.2, 0.25) is 0 Å². The van der Waals surface area contributed by atoms with Gasteiger partial charge in [-0.05, 0) is 0 Å². The van der Waals surface area contributed by atoms with Crippen LogP contribution in [0.25, 0.3) is 0 Å². The van der Waals surface area contributed by atoms with Crippen molar-refractivity contribution >= 4 is 23.0 Å². The molecule has 0 fully saturated rings. The quantitative estimate of drug-likeness (QED) is 0.505. The van der Waals surface area contributed by atoms with Crippen molar-refractivity contribution in [1.82, 2.24) is 0 Å². The molecule has 0 saturated heterocycles. The number of aliphatic carboxylic acids is 1. The first-order chi connectivity index (χ1) is 2.94. The summed E-state index contributed by atoms with van der Waals surface area (Å²) in [4.78, 5) is 8.78. The van der Waals surface area contributed by atoms with Crippen molar-refractivity contribution in [2.24, 2.45) is 0 Å². The van der Waals surface area contributed by atoms with Crippen molar-refractivity contribution in [3.63, 3.8) is 0 Å². The summed E-state index contributed by atoms with van der Waals surface area (Å²) in [6, 6.07) is 0. The molecule has 0 atom stereocenters. The van der Waals surface area contributed by atoms with Crippen LogP contribution in [0.2, 0.25) is 0 Å². The van der Waals surface area contributed by atoms with Gasteiger partial charge in [-0.25, -0.2) is 0 Å². The van der Waals surface area contributed by atoms with Crippen LogP contribution >= 0.6 is 0 Å². The first-order valence-corrected chi connectivity index (χ1v) is 1.23. The maximum atomic E-state index is 10.5. The van der Waals surface area contributed by atoms with E-state index in [1.165, 1.54) is 0 Å². The number of carbonyl (C=O) groups is 1. The van der Waals surface area contributed by atoms with Crippen molar-refractivity contribution in [3.8, 4) is 0 Å². The number of carboxylic acids is 1. The van der Waals surface area contributed by atoms with E-state index < -0.39 is 12.1 Å². The van der Waals surface area contributed by atoms with Gasteiger partial charge in [0.15, 0.2) is 0 Å². The predicted octanol–water partition coefficient (Wildman–Crippen LogP) is -1.62. The molecule has 0 aromatic carbocycles. The van der Waals surface area contributed by atoms with Crippen LogP contribution in [0.1, 0.15) is 0 Å². The van der Waals surface area contributed by atoms with Crippen molar-refractivity contribution in [1.29, 1.82) is 0 Å². The molecule has 60 valence electrons. The molecule has 0 spiro atoms. The number of carboxylic acid groups (broad SMARTS) is 1. The Morgan fingerprint density at radius 1 is 1.33 bits per heavy atom. The third kappa shape index (κ3) is 8.52. The Morgan fingerprint density at radius 3 is 1.44 bits per heavy atom. The Bertz CT molecular complexity index is 92.3. The third-order valence-electron chi connectivity index (χ3n) is 0.231. The average Bonchev–Trinajstić information content (AvgIpc) is 1.31. The molecule has 9 heavy (non-hydrogen) atoms. The molecule has 0 aromatic heterocycles. The first-order valence-electron chi connectivity index (χ1n) is 1.23. The van der Waals surface area contributed by atoms with Gasteiger partial charge in [0.05, 0.1) is 0 Å². The van der Waals surface area contributed by atoms with Crippen LogP contribution in [0.5, 0.6) is 0 Å². The average molecular weight is 302 g/mol. The predicted molar refractivity (Wildman–Crippen MR) is 19.6 cm³/mol. The molecule has 7 heteroatoms. The summed E-state index contributed by atoms with van der Waals surface area (Å²) < 4.78 is 31.5. The van der Waals surface area contributed by atoms with Crippen molar-refractivity contribution < 1.29 is 45.5 Å². The number of hydrogen-bond donors (Lipinski definition) is 0. The van der Waals surface area contributed by atoms with Crippen molar-refractivity contribution in [2.45, 2.75) is 6.18 Å². The molecule has 0 radical (unpaired) electrons. The molecular formula is C2H2AgF3O2Se. The Hall–Kier alpha value is 0.520. The summed E-state index contributed by atoms with van der Waals surface area (Å²) in [7, 11) is 0. The van der Waals surface area contributed by atoms with Crippen LogP contribution < -0.4 is 5.11 Å². The zero-order valence-electron chi connectivity index (χ0n) is 3.75. The molecule has 0 heterocycles. The van der Waals surface area contributed by atoms with Crippen LogP contribution in [0.3, 0.4) is 0 Å². The third-order valence-corrected chi connectivity index (χ3v) is 0.231. The van der Waals surface area contributed by atoms with E-state index in [9.17, 15) is 13.2 Å². The van der Waals surface area contributed by atoms with Crippen molar-refractivity contribution in [2.75, 3.05) is 0 Å². The maximum absolute atomic E-state index is 10.5. The fraction of sp³-hybridized carbons (Fsp3) is 0.500. The second-order valence-electron chi connectivity index (χ2n) is 0.785. The van der Waals surface area contributed by atoms with E-state index in [-0.39, 0.29) is 39.4 Å². The van der Waals surface area contributed by atoms with E-state index in [1.54, 1.807) is 0 Å². The van der Waals surface area contributed by atoms with E-state index in [4.69, 9.17) is 9.90 Å². The van der Waals surface area contributed by atoms with E-state index in [2.05, 4.69) is 0 Å². The van der Waals surface area contributed by atoms with Crippen molar-refractivity contribution in [3.05, 3.63) is 0 Å². The van der Waals surface area contributed by atoms with Gasteiger partial charge >= 0.3 is 45.6 Å². The van der Waals surface area contributed by atoms with Gasteiger partial charge in [-0.1, -0.05) is 0 Å². The van der Waals surface area contributed by atoms with E-state index in [1.807, 2.05) is 0 Å². The van der Waals surface area contributed by atoms with Crippen LogP contribution in [-0.4, -0.2) is 29.2 Å². The summed E-state index contributed by atoms with van der Waals surface area (Å²) in [5, 5.41) is 8.78. The number of hydrogen-bond acceptors (Lipinski definition) is 2. The van der Waals surface area contributed by atoms with Gasteiger partial charge in [-0.3, -0.25) is 0 Å². The molecule has 0 saturated carbocycles. The van der Waals surface area contributed by atoms with E-state index in [0.29, 0.717) is 0 Å². The van der Waals surface area contributed by atoms with Crippen LogP contribution in [0.15, 0.2) is 0 Å². The molecule has 0 aliphatic rings. The summed E-state index contributed by atoms with van der Waals surface area (Å²) in [5.41, 5.74) is 0. The molecule has 0 amide bonds. The van der Waals surface area contributed by atoms with E-state index in [0.717, 1.165) is 0 Å². The van der Waals surface area contributed by atoms with Gasteiger partial charge in [-0.2, -0.15) is 13.2 Å². The fourth-order valence-electron chi connectivity index (χ4n) is 0. The molecule has 2 nitrogen and oxygen atoms in total. The minimum absolute atomic E-state index is 0. The zero-order chi connectivity index (χ0) is 6.08. The summed E-state index contributed by atoms with van der Waals surface area (Å²) >= 11 is 0. The monoisotopic (exact) mass is 302 g/mol. The molecule has 0 bridgehead atoms. The second kappa shape index (κ2) is 5.32. The van der Waals surface area contributed by atoms with Gasteiger partial charge in [0, 0.05) is 0 Å². The fourth-order valence-corrected chi connectivity index (χ4v) is 0. The summed E-state index contributed by atoms with van der Waals surface area (Å²) in [6.07, 6.45) is -5.19. The van der Waals surface area contributed by atoms with Crippen LogP contribution in [0.4, 0.5) is 13.2 Å². The summed E-state index contributed by atoms with van der Waals surface area (Å²) in [6.45, 7) is 0.